The summed E-state index contributed by atoms with van der Waals surface area (Å²) in [4.78, 5) is 11.3. The average molecular weight is 418 g/mol. The number of hydrogen-bond acceptors (Lipinski definition) is 3. The molecular weight excluding hydrogens is 410 g/mol. The van der Waals surface area contributed by atoms with Crippen molar-refractivity contribution in [2.75, 3.05) is 14.2 Å². The summed E-state index contributed by atoms with van der Waals surface area (Å²) in [7, 11) is 2.90. The minimum atomic E-state index is -0.379. The molecule has 0 fully saturated rings. The number of benzene rings is 1. The van der Waals surface area contributed by atoms with Gasteiger partial charge in [-0.3, -0.25) is 0 Å². The number of hydrogen-bond donors (Lipinski definition) is 0. The third-order valence-corrected chi connectivity index (χ3v) is 4.66. The standard InChI is InChI=1S/C9H8I2O3/c1-13-8-5(9(12)14-2)3-4-6(10)7(8)11/h3-4H,1-2H3. The Morgan fingerprint density at radius 3 is 2.43 bits per heavy atom. The molecule has 0 aromatic heterocycles. The van der Waals surface area contributed by atoms with Gasteiger partial charge in [0.05, 0.1) is 17.8 Å². The molecule has 0 aliphatic carbocycles. The van der Waals surface area contributed by atoms with E-state index in [0.717, 1.165) is 7.14 Å². The van der Waals surface area contributed by atoms with Crippen LogP contribution in [-0.4, -0.2) is 20.2 Å². The highest BCUT2D eigenvalue weighted by molar-refractivity contribution is 14.1. The summed E-state index contributed by atoms with van der Waals surface area (Å²) in [6.45, 7) is 0. The predicted octanol–water partition coefficient (Wildman–Crippen LogP) is 2.69. The first-order chi connectivity index (χ1) is 6.61. The molecule has 76 valence electrons. The second kappa shape index (κ2) is 5.15. The van der Waals surface area contributed by atoms with E-state index in [0.29, 0.717) is 11.3 Å². The molecule has 0 amide bonds. The van der Waals surface area contributed by atoms with E-state index in [4.69, 9.17) is 4.74 Å². The fourth-order valence-corrected chi connectivity index (χ4v) is 2.12. The summed E-state index contributed by atoms with van der Waals surface area (Å²) < 4.78 is 11.8. The Labute approximate surface area is 109 Å². The van der Waals surface area contributed by atoms with Gasteiger partial charge < -0.3 is 9.47 Å². The zero-order chi connectivity index (χ0) is 10.7. The van der Waals surface area contributed by atoms with Gasteiger partial charge in [0, 0.05) is 3.57 Å². The molecule has 0 radical (unpaired) electrons. The number of halogens is 2. The van der Waals surface area contributed by atoms with Crippen molar-refractivity contribution in [1.82, 2.24) is 0 Å². The second-order valence-electron chi connectivity index (χ2n) is 2.43. The summed E-state index contributed by atoms with van der Waals surface area (Å²) in [6, 6.07) is 3.56. The number of rotatable bonds is 2. The summed E-state index contributed by atoms with van der Waals surface area (Å²) >= 11 is 4.33. The first-order valence-corrected chi connectivity index (χ1v) is 5.88. The molecule has 0 atom stereocenters. The Balaban J connectivity index is 3.31. The van der Waals surface area contributed by atoms with Crippen molar-refractivity contribution in [3.8, 4) is 5.75 Å². The highest BCUT2D eigenvalue weighted by Gasteiger charge is 2.16. The lowest BCUT2D eigenvalue weighted by molar-refractivity contribution is 0.0597. The Kier molecular flexibility index (Phi) is 4.42. The third kappa shape index (κ3) is 2.30. The molecule has 0 bridgehead atoms. The van der Waals surface area contributed by atoms with Crippen LogP contribution < -0.4 is 4.74 Å². The first-order valence-electron chi connectivity index (χ1n) is 3.72. The Hall–Kier alpha value is -0.0500. The van der Waals surface area contributed by atoms with Crippen LogP contribution >= 0.6 is 45.2 Å². The second-order valence-corrected chi connectivity index (χ2v) is 4.67. The van der Waals surface area contributed by atoms with Gasteiger partial charge in [-0.05, 0) is 57.3 Å². The number of carbonyl (C=O) groups excluding carboxylic acids is 1. The molecule has 1 aromatic carbocycles. The molecule has 14 heavy (non-hydrogen) atoms. The van der Waals surface area contributed by atoms with Gasteiger partial charge in [-0.1, -0.05) is 0 Å². The van der Waals surface area contributed by atoms with Gasteiger partial charge in [0.1, 0.15) is 11.3 Å². The van der Waals surface area contributed by atoms with Crippen LogP contribution in [0.4, 0.5) is 0 Å². The van der Waals surface area contributed by atoms with Crippen LogP contribution in [0.3, 0.4) is 0 Å². The van der Waals surface area contributed by atoms with Crippen LogP contribution in [0, 0.1) is 7.14 Å². The van der Waals surface area contributed by atoms with E-state index in [1.54, 1.807) is 13.2 Å². The lowest BCUT2D eigenvalue weighted by atomic mass is 10.2. The van der Waals surface area contributed by atoms with E-state index >= 15 is 0 Å². The molecular formula is C9H8I2O3. The maximum atomic E-state index is 11.3. The molecule has 0 unspecified atom stereocenters. The lowest BCUT2D eigenvalue weighted by Gasteiger charge is -2.09. The molecule has 5 heteroatoms. The molecule has 0 saturated carbocycles. The van der Waals surface area contributed by atoms with E-state index in [-0.39, 0.29) is 5.97 Å². The molecule has 1 rings (SSSR count). The predicted molar refractivity (Wildman–Crippen MR) is 69.8 cm³/mol. The molecule has 3 nitrogen and oxygen atoms in total. The molecule has 0 saturated heterocycles. The van der Waals surface area contributed by atoms with Gasteiger partial charge in [-0.25, -0.2) is 4.79 Å². The van der Waals surface area contributed by atoms with Crippen LogP contribution in [0.5, 0.6) is 5.75 Å². The van der Waals surface area contributed by atoms with Gasteiger partial charge in [-0.15, -0.1) is 0 Å². The van der Waals surface area contributed by atoms with Gasteiger partial charge in [0.25, 0.3) is 0 Å². The van der Waals surface area contributed by atoms with Crippen LogP contribution in [0.2, 0.25) is 0 Å². The van der Waals surface area contributed by atoms with Crippen LogP contribution in [-0.2, 0) is 4.74 Å². The summed E-state index contributed by atoms with van der Waals surface area (Å²) in [5, 5.41) is 0. The highest BCUT2D eigenvalue weighted by atomic mass is 127. The number of methoxy groups -OCH3 is 2. The van der Waals surface area contributed by atoms with Crippen molar-refractivity contribution >= 4 is 51.2 Å². The number of ether oxygens (including phenoxy) is 2. The maximum absolute atomic E-state index is 11.3. The van der Waals surface area contributed by atoms with E-state index in [1.807, 2.05) is 6.07 Å². The average Bonchev–Trinajstić information content (AvgIpc) is 2.20. The molecule has 0 aliphatic rings. The van der Waals surface area contributed by atoms with Gasteiger partial charge in [0.15, 0.2) is 0 Å². The van der Waals surface area contributed by atoms with Crippen molar-refractivity contribution in [2.24, 2.45) is 0 Å². The zero-order valence-corrected chi connectivity index (χ0v) is 12.0. The number of esters is 1. The number of carbonyl (C=O) groups is 1. The molecule has 0 heterocycles. The zero-order valence-electron chi connectivity index (χ0n) is 7.64. The Morgan fingerprint density at radius 2 is 1.93 bits per heavy atom. The van der Waals surface area contributed by atoms with E-state index in [1.165, 1.54) is 7.11 Å². The maximum Gasteiger partial charge on any atom is 0.341 e. The van der Waals surface area contributed by atoms with E-state index in [2.05, 4.69) is 49.9 Å². The van der Waals surface area contributed by atoms with Gasteiger partial charge in [-0.2, -0.15) is 0 Å². The third-order valence-electron chi connectivity index (χ3n) is 1.66. The van der Waals surface area contributed by atoms with Gasteiger partial charge >= 0.3 is 5.97 Å². The molecule has 0 N–H and O–H groups in total. The van der Waals surface area contributed by atoms with Crippen molar-refractivity contribution in [3.05, 3.63) is 24.8 Å². The van der Waals surface area contributed by atoms with Crippen LogP contribution in [0.25, 0.3) is 0 Å². The summed E-state index contributed by atoms with van der Waals surface area (Å²) in [6.07, 6.45) is 0. The topological polar surface area (TPSA) is 35.5 Å². The van der Waals surface area contributed by atoms with Crippen molar-refractivity contribution in [1.29, 1.82) is 0 Å². The lowest BCUT2D eigenvalue weighted by Crippen LogP contribution is -2.05. The SMILES string of the molecule is COC(=O)c1ccc(I)c(I)c1OC. The summed E-state index contributed by atoms with van der Waals surface area (Å²) in [5.74, 6) is 0.195. The molecule has 1 aromatic rings. The minimum absolute atomic E-state index is 0.379. The normalized spacial score (nSPS) is 9.71. The quantitative estimate of drug-likeness (QED) is 0.548. The largest absolute Gasteiger partial charge is 0.495 e. The fraction of sp³-hybridized carbons (Fsp3) is 0.222. The fourth-order valence-electron chi connectivity index (χ4n) is 1.00. The van der Waals surface area contributed by atoms with Crippen LogP contribution in [0.15, 0.2) is 12.1 Å². The minimum Gasteiger partial charge on any atom is -0.495 e. The van der Waals surface area contributed by atoms with Crippen molar-refractivity contribution < 1.29 is 14.3 Å². The first kappa shape index (κ1) is 12.0. The summed E-state index contributed by atoms with van der Waals surface area (Å²) in [5.41, 5.74) is 0.458. The van der Waals surface area contributed by atoms with E-state index < -0.39 is 0 Å². The van der Waals surface area contributed by atoms with Crippen molar-refractivity contribution in [3.63, 3.8) is 0 Å². The van der Waals surface area contributed by atoms with Crippen LogP contribution in [0.1, 0.15) is 10.4 Å². The smallest absolute Gasteiger partial charge is 0.341 e. The monoisotopic (exact) mass is 418 g/mol. The van der Waals surface area contributed by atoms with Crippen molar-refractivity contribution in [2.45, 2.75) is 0 Å². The van der Waals surface area contributed by atoms with E-state index in [9.17, 15) is 4.79 Å². The highest BCUT2D eigenvalue weighted by Crippen LogP contribution is 2.29. The Morgan fingerprint density at radius 1 is 1.29 bits per heavy atom. The van der Waals surface area contributed by atoms with Gasteiger partial charge in [0.2, 0.25) is 0 Å². The molecule has 0 aliphatic heterocycles. The molecule has 0 spiro atoms. The Bertz CT molecular complexity index is 363.